The molecule has 2 amide bonds. The SMILES string of the molecule is Cc1ccc(CNC(=O)c2ccccc2NCC(=O)Nc2cccc(C)c2)cc1. The molecule has 0 aromatic heterocycles. The molecule has 0 fully saturated rings. The molecule has 0 saturated carbocycles. The molecule has 5 nitrogen and oxygen atoms in total. The number of nitrogens with one attached hydrogen (secondary N) is 3. The third-order valence-electron chi connectivity index (χ3n) is 4.49. The van der Waals surface area contributed by atoms with Gasteiger partial charge in [-0.3, -0.25) is 9.59 Å². The number of carbonyl (C=O) groups is 2. The van der Waals surface area contributed by atoms with E-state index in [1.807, 2.05) is 68.4 Å². The smallest absolute Gasteiger partial charge is 0.253 e. The number of rotatable bonds is 7. The largest absolute Gasteiger partial charge is 0.376 e. The number of aryl methyl sites for hydroxylation is 2. The normalized spacial score (nSPS) is 10.3. The highest BCUT2D eigenvalue weighted by Gasteiger charge is 2.12. The summed E-state index contributed by atoms with van der Waals surface area (Å²) < 4.78 is 0. The molecule has 29 heavy (non-hydrogen) atoms. The van der Waals surface area contributed by atoms with Crippen LogP contribution in [0.5, 0.6) is 0 Å². The number of hydrogen-bond acceptors (Lipinski definition) is 3. The van der Waals surface area contributed by atoms with Gasteiger partial charge in [0.2, 0.25) is 5.91 Å². The highest BCUT2D eigenvalue weighted by atomic mass is 16.2. The van der Waals surface area contributed by atoms with Crippen LogP contribution in [0.25, 0.3) is 0 Å². The number of anilines is 2. The molecule has 0 bridgehead atoms. The summed E-state index contributed by atoms with van der Waals surface area (Å²) in [6.07, 6.45) is 0. The van der Waals surface area contributed by atoms with Crippen LogP contribution >= 0.6 is 0 Å². The Labute approximate surface area is 171 Å². The molecule has 0 unspecified atom stereocenters. The number of carbonyl (C=O) groups excluding carboxylic acids is 2. The molecule has 3 aromatic rings. The molecular weight excluding hydrogens is 362 g/mol. The van der Waals surface area contributed by atoms with Gasteiger partial charge in [0.1, 0.15) is 0 Å². The fourth-order valence-electron chi connectivity index (χ4n) is 2.92. The number of amides is 2. The number of benzene rings is 3. The fraction of sp³-hybridized carbons (Fsp3) is 0.167. The molecule has 3 N–H and O–H groups in total. The molecule has 0 atom stereocenters. The zero-order chi connectivity index (χ0) is 20.6. The Balaban J connectivity index is 1.58. The second-order valence-corrected chi connectivity index (χ2v) is 6.99. The Morgan fingerprint density at radius 2 is 1.59 bits per heavy atom. The van der Waals surface area contributed by atoms with E-state index in [9.17, 15) is 9.59 Å². The summed E-state index contributed by atoms with van der Waals surface area (Å²) in [5.41, 5.74) is 5.16. The third-order valence-corrected chi connectivity index (χ3v) is 4.49. The lowest BCUT2D eigenvalue weighted by Gasteiger charge is -2.13. The highest BCUT2D eigenvalue weighted by molar-refractivity contribution is 6.00. The van der Waals surface area contributed by atoms with Crippen LogP contribution in [0.1, 0.15) is 27.0 Å². The topological polar surface area (TPSA) is 70.2 Å². The predicted octanol–water partition coefficient (Wildman–Crippen LogP) is 4.28. The first kappa shape index (κ1) is 20.1. The molecule has 3 rings (SSSR count). The zero-order valence-electron chi connectivity index (χ0n) is 16.7. The van der Waals surface area contributed by atoms with Crippen molar-refractivity contribution < 1.29 is 9.59 Å². The Morgan fingerprint density at radius 1 is 0.828 bits per heavy atom. The van der Waals surface area contributed by atoms with Gasteiger partial charge in [0, 0.05) is 17.9 Å². The van der Waals surface area contributed by atoms with Gasteiger partial charge in [-0.1, -0.05) is 54.1 Å². The van der Waals surface area contributed by atoms with Crippen LogP contribution in [0.15, 0.2) is 72.8 Å². The molecule has 5 heteroatoms. The molecule has 148 valence electrons. The van der Waals surface area contributed by atoms with Crippen molar-refractivity contribution in [2.75, 3.05) is 17.2 Å². The lowest BCUT2D eigenvalue weighted by atomic mass is 10.1. The second kappa shape index (κ2) is 9.55. The van der Waals surface area contributed by atoms with Crippen LogP contribution in [-0.4, -0.2) is 18.4 Å². The monoisotopic (exact) mass is 387 g/mol. The summed E-state index contributed by atoms with van der Waals surface area (Å²) in [6.45, 7) is 4.51. The van der Waals surface area contributed by atoms with E-state index in [2.05, 4.69) is 16.0 Å². The minimum atomic E-state index is -0.187. The van der Waals surface area contributed by atoms with Crippen molar-refractivity contribution in [1.82, 2.24) is 5.32 Å². The van der Waals surface area contributed by atoms with Crippen molar-refractivity contribution >= 4 is 23.2 Å². The van der Waals surface area contributed by atoms with E-state index >= 15 is 0 Å². The summed E-state index contributed by atoms with van der Waals surface area (Å²) in [4.78, 5) is 24.9. The Kier molecular flexibility index (Phi) is 6.63. The maximum absolute atomic E-state index is 12.6. The Morgan fingerprint density at radius 3 is 2.34 bits per heavy atom. The maximum Gasteiger partial charge on any atom is 0.253 e. The average Bonchev–Trinajstić information content (AvgIpc) is 2.72. The molecule has 0 aliphatic rings. The van der Waals surface area contributed by atoms with E-state index in [0.29, 0.717) is 17.8 Å². The number of hydrogen-bond donors (Lipinski definition) is 3. The van der Waals surface area contributed by atoms with Gasteiger partial charge >= 0.3 is 0 Å². The second-order valence-electron chi connectivity index (χ2n) is 6.99. The minimum absolute atomic E-state index is 0.0657. The summed E-state index contributed by atoms with van der Waals surface area (Å²) in [5, 5.41) is 8.84. The van der Waals surface area contributed by atoms with E-state index < -0.39 is 0 Å². The summed E-state index contributed by atoms with van der Waals surface area (Å²) in [7, 11) is 0. The van der Waals surface area contributed by atoms with Gasteiger partial charge in [0.05, 0.1) is 12.1 Å². The molecule has 0 saturated heterocycles. The summed E-state index contributed by atoms with van der Waals surface area (Å²) in [6, 6.07) is 22.8. The van der Waals surface area contributed by atoms with Crippen molar-refractivity contribution in [2.24, 2.45) is 0 Å². The molecule has 0 aliphatic carbocycles. The lowest BCUT2D eigenvalue weighted by molar-refractivity contribution is -0.114. The van der Waals surface area contributed by atoms with Crippen molar-refractivity contribution in [1.29, 1.82) is 0 Å². The highest BCUT2D eigenvalue weighted by Crippen LogP contribution is 2.15. The quantitative estimate of drug-likeness (QED) is 0.567. The average molecular weight is 387 g/mol. The Bertz CT molecular complexity index is 997. The van der Waals surface area contributed by atoms with Crippen LogP contribution in [0.4, 0.5) is 11.4 Å². The number of para-hydroxylation sites is 1. The first-order valence-electron chi connectivity index (χ1n) is 9.54. The van der Waals surface area contributed by atoms with Gasteiger partial charge in [-0.2, -0.15) is 0 Å². The molecule has 3 aromatic carbocycles. The van der Waals surface area contributed by atoms with Gasteiger partial charge in [-0.05, 0) is 49.2 Å². The molecule has 0 spiro atoms. The fourth-order valence-corrected chi connectivity index (χ4v) is 2.92. The summed E-state index contributed by atoms with van der Waals surface area (Å²) >= 11 is 0. The molecule has 0 aliphatic heterocycles. The third kappa shape index (κ3) is 5.94. The zero-order valence-corrected chi connectivity index (χ0v) is 16.7. The van der Waals surface area contributed by atoms with E-state index in [1.54, 1.807) is 18.2 Å². The maximum atomic E-state index is 12.6. The lowest BCUT2D eigenvalue weighted by Crippen LogP contribution is -2.26. The van der Waals surface area contributed by atoms with Crippen molar-refractivity contribution in [3.63, 3.8) is 0 Å². The van der Waals surface area contributed by atoms with E-state index in [-0.39, 0.29) is 18.4 Å². The van der Waals surface area contributed by atoms with E-state index in [4.69, 9.17) is 0 Å². The first-order chi connectivity index (χ1) is 14.0. The van der Waals surface area contributed by atoms with Gasteiger partial charge in [-0.25, -0.2) is 0 Å². The van der Waals surface area contributed by atoms with Crippen LogP contribution in [0, 0.1) is 13.8 Å². The van der Waals surface area contributed by atoms with Gasteiger partial charge < -0.3 is 16.0 Å². The molecular formula is C24H25N3O2. The summed E-state index contributed by atoms with van der Waals surface area (Å²) in [5.74, 6) is -0.363. The van der Waals surface area contributed by atoms with Gasteiger partial charge in [0.15, 0.2) is 0 Å². The minimum Gasteiger partial charge on any atom is -0.376 e. The standard InChI is InChI=1S/C24H25N3O2/c1-17-10-12-19(13-11-17)15-26-24(29)21-8-3-4-9-22(21)25-16-23(28)27-20-7-5-6-18(2)14-20/h3-14,25H,15-16H2,1-2H3,(H,26,29)(H,27,28). The van der Waals surface area contributed by atoms with Crippen LogP contribution in [0.3, 0.4) is 0 Å². The van der Waals surface area contributed by atoms with Crippen LogP contribution in [0.2, 0.25) is 0 Å². The van der Waals surface area contributed by atoms with Crippen molar-refractivity contribution in [2.45, 2.75) is 20.4 Å². The van der Waals surface area contributed by atoms with Crippen LogP contribution in [-0.2, 0) is 11.3 Å². The molecule has 0 radical (unpaired) electrons. The van der Waals surface area contributed by atoms with E-state index in [0.717, 1.165) is 16.8 Å². The van der Waals surface area contributed by atoms with Crippen molar-refractivity contribution in [3.8, 4) is 0 Å². The van der Waals surface area contributed by atoms with E-state index in [1.165, 1.54) is 5.56 Å². The molecule has 0 heterocycles. The first-order valence-corrected chi connectivity index (χ1v) is 9.54. The Hall–Kier alpha value is -3.60. The van der Waals surface area contributed by atoms with Crippen molar-refractivity contribution in [3.05, 3.63) is 95.1 Å². The van der Waals surface area contributed by atoms with Gasteiger partial charge in [0.25, 0.3) is 5.91 Å². The predicted molar refractivity (Wildman–Crippen MR) is 117 cm³/mol. The van der Waals surface area contributed by atoms with Crippen LogP contribution < -0.4 is 16.0 Å². The van der Waals surface area contributed by atoms with Gasteiger partial charge in [-0.15, -0.1) is 0 Å².